The summed E-state index contributed by atoms with van der Waals surface area (Å²) >= 11 is 0. The lowest BCUT2D eigenvalue weighted by Gasteiger charge is -2.71. The maximum atomic E-state index is 10.7. The minimum atomic E-state index is -0.393. The van der Waals surface area contributed by atoms with Crippen molar-refractivity contribution >= 4 is 0 Å². The normalized spacial score (nSPS) is 58.7. The van der Waals surface area contributed by atoms with Gasteiger partial charge in [-0.25, -0.2) is 0 Å². The lowest BCUT2D eigenvalue weighted by Crippen LogP contribution is -2.69. The smallest absolute Gasteiger partial charge is 0.0656 e. The van der Waals surface area contributed by atoms with E-state index in [1.807, 2.05) is 0 Å². The Labute approximate surface area is 99.6 Å². The van der Waals surface area contributed by atoms with Gasteiger partial charge in [0.05, 0.1) is 5.60 Å². The SMILES string of the molecule is CC1(C)CCCC2(C)C3CCC(C)(O)C2C31. The van der Waals surface area contributed by atoms with Crippen LogP contribution in [0.1, 0.15) is 59.8 Å². The Hall–Kier alpha value is -0.0400. The molecule has 0 aromatic heterocycles. The highest BCUT2D eigenvalue weighted by Gasteiger charge is 2.70. The van der Waals surface area contributed by atoms with E-state index in [-0.39, 0.29) is 0 Å². The second-order valence-electron chi connectivity index (χ2n) is 7.85. The molecule has 0 saturated heterocycles. The third-order valence-corrected chi connectivity index (χ3v) is 6.42. The van der Waals surface area contributed by atoms with E-state index in [9.17, 15) is 5.11 Å². The quantitative estimate of drug-likeness (QED) is 0.664. The van der Waals surface area contributed by atoms with Crippen LogP contribution in [-0.4, -0.2) is 10.7 Å². The fraction of sp³-hybridized carbons (Fsp3) is 1.00. The number of fused-ring (bicyclic) bond motifs is 1. The van der Waals surface area contributed by atoms with Gasteiger partial charge in [0.15, 0.2) is 0 Å². The van der Waals surface area contributed by atoms with E-state index in [1.165, 1.54) is 25.7 Å². The summed E-state index contributed by atoms with van der Waals surface area (Å²) in [5, 5.41) is 10.7. The lowest BCUT2D eigenvalue weighted by molar-refractivity contribution is -0.267. The van der Waals surface area contributed by atoms with Gasteiger partial charge in [0.1, 0.15) is 0 Å². The van der Waals surface area contributed by atoms with Crippen LogP contribution in [0.5, 0.6) is 0 Å². The maximum absolute atomic E-state index is 10.7. The first-order valence-corrected chi connectivity index (χ1v) is 7.01. The predicted molar refractivity (Wildman–Crippen MR) is 66.1 cm³/mol. The Kier molecular flexibility index (Phi) is 1.98. The molecule has 92 valence electrons. The summed E-state index contributed by atoms with van der Waals surface area (Å²) in [6, 6.07) is 0. The van der Waals surface area contributed by atoms with Crippen molar-refractivity contribution in [2.24, 2.45) is 28.6 Å². The summed E-state index contributed by atoms with van der Waals surface area (Å²) in [6.07, 6.45) is 6.36. The van der Waals surface area contributed by atoms with Crippen LogP contribution in [0.3, 0.4) is 0 Å². The van der Waals surface area contributed by atoms with Crippen LogP contribution in [0.15, 0.2) is 0 Å². The molecule has 16 heavy (non-hydrogen) atoms. The standard InChI is InChI=1S/C15H26O/c1-13(2)7-5-8-14(3)10-6-9-15(4,16)12(14)11(10)13/h10-12,16H,5-9H2,1-4H3. The first kappa shape index (κ1) is 11.1. The molecule has 0 heterocycles. The van der Waals surface area contributed by atoms with Gasteiger partial charge in [-0.1, -0.05) is 27.2 Å². The van der Waals surface area contributed by atoms with E-state index in [2.05, 4.69) is 27.7 Å². The highest BCUT2D eigenvalue weighted by molar-refractivity contribution is 5.19. The van der Waals surface area contributed by atoms with E-state index >= 15 is 0 Å². The van der Waals surface area contributed by atoms with Gasteiger partial charge in [-0.05, 0) is 61.2 Å². The molecule has 1 heteroatoms. The van der Waals surface area contributed by atoms with Crippen LogP contribution in [0.2, 0.25) is 0 Å². The highest BCUT2D eigenvalue weighted by atomic mass is 16.3. The molecule has 0 radical (unpaired) electrons. The van der Waals surface area contributed by atoms with Crippen molar-refractivity contribution in [1.29, 1.82) is 0 Å². The van der Waals surface area contributed by atoms with Crippen molar-refractivity contribution in [3.05, 3.63) is 0 Å². The number of hydrogen-bond donors (Lipinski definition) is 1. The van der Waals surface area contributed by atoms with Crippen LogP contribution in [0.4, 0.5) is 0 Å². The van der Waals surface area contributed by atoms with Crippen LogP contribution < -0.4 is 0 Å². The molecule has 3 aliphatic carbocycles. The number of aliphatic hydroxyl groups is 1. The average molecular weight is 222 g/mol. The molecule has 4 bridgehead atoms. The molecular weight excluding hydrogens is 196 g/mol. The van der Waals surface area contributed by atoms with E-state index in [0.717, 1.165) is 18.3 Å². The minimum absolute atomic E-state index is 0.393. The largest absolute Gasteiger partial charge is 0.390 e. The molecule has 5 unspecified atom stereocenters. The van der Waals surface area contributed by atoms with Gasteiger partial charge in [0.2, 0.25) is 0 Å². The van der Waals surface area contributed by atoms with Gasteiger partial charge in [-0.3, -0.25) is 0 Å². The van der Waals surface area contributed by atoms with Crippen LogP contribution in [0.25, 0.3) is 0 Å². The molecule has 5 atom stereocenters. The Morgan fingerprint density at radius 3 is 2.31 bits per heavy atom. The van der Waals surface area contributed by atoms with Gasteiger partial charge >= 0.3 is 0 Å². The Bertz CT molecular complexity index is 315. The molecule has 0 aliphatic heterocycles. The number of hydrogen-bond acceptors (Lipinski definition) is 1. The maximum Gasteiger partial charge on any atom is 0.0656 e. The zero-order chi connectivity index (χ0) is 11.8. The van der Waals surface area contributed by atoms with E-state index < -0.39 is 5.60 Å². The molecular formula is C15H26O. The molecule has 3 aliphatic rings. The van der Waals surface area contributed by atoms with Crippen molar-refractivity contribution in [2.45, 2.75) is 65.4 Å². The molecule has 0 amide bonds. The third kappa shape index (κ3) is 1.11. The summed E-state index contributed by atoms with van der Waals surface area (Å²) in [6.45, 7) is 9.42. The topological polar surface area (TPSA) is 20.2 Å². The zero-order valence-electron chi connectivity index (χ0n) is 11.2. The molecule has 1 N–H and O–H groups in total. The highest BCUT2D eigenvalue weighted by Crippen LogP contribution is 2.74. The molecule has 1 nitrogen and oxygen atoms in total. The minimum Gasteiger partial charge on any atom is -0.390 e. The lowest BCUT2D eigenvalue weighted by atomic mass is 9.35. The molecule has 0 aromatic rings. The first-order valence-electron chi connectivity index (χ1n) is 7.01. The van der Waals surface area contributed by atoms with Crippen molar-refractivity contribution in [1.82, 2.24) is 0 Å². The predicted octanol–water partition coefficient (Wildman–Crippen LogP) is 3.61. The Morgan fingerprint density at radius 1 is 1.00 bits per heavy atom. The van der Waals surface area contributed by atoms with E-state index in [1.54, 1.807) is 0 Å². The van der Waals surface area contributed by atoms with Gasteiger partial charge < -0.3 is 5.11 Å². The first-order chi connectivity index (χ1) is 7.29. The summed E-state index contributed by atoms with van der Waals surface area (Å²) in [7, 11) is 0. The molecule has 0 aromatic carbocycles. The third-order valence-electron chi connectivity index (χ3n) is 6.42. The summed E-state index contributed by atoms with van der Waals surface area (Å²) in [4.78, 5) is 0. The zero-order valence-corrected chi connectivity index (χ0v) is 11.2. The molecule has 3 fully saturated rings. The fourth-order valence-corrected chi connectivity index (χ4v) is 5.80. The Morgan fingerprint density at radius 2 is 1.69 bits per heavy atom. The Balaban J connectivity index is 2.04. The van der Waals surface area contributed by atoms with Crippen molar-refractivity contribution in [3.63, 3.8) is 0 Å². The summed E-state index contributed by atoms with van der Waals surface area (Å²) < 4.78 is 0. The van der Waals surface area contributed by atoms with Gasteiger partial charge in [-0.2, -0.15) is 0 Å². The van der Waals surface area contributed by atoms with Crippen LogP contribution in [0, 0.1) is 28.6 Å². The van der Waals surface area contributed by atoms with E-state index in [4.69, 9.17) is 0 Å². The van der Waals surface area contributed by atoms with Gasteiger partial charge in [0.25, 0.3) is 0 Å². The van der Waals surface area contributed by atoms with Gasteiger partial charge in [-0.15, -0.1) is 0 Å². The van der Waals surface area contributed by atoms with Gasteiger partial charge in [0, 0.05) is 0 Å². The summed E-state index contributed by atoms with van der Waals surface area (Å²) in [5.41, 5.74) is 0.520. The molecule has 0 spiro atoms. The second kappa shape index (κ2) is 2.85. The van der Waals surface area contributed by atoms with Crippen LogP contribution in [-0.2, 0) is 0 Å². The van der Waals surface area contributed by atoms with Crippen molar-refractivity contribution in [2.75, 3.05) is 0 Å². The summed E-state index contributed by atoms with van der Waals surface area (Å²) in [5.74, 6) is 2.25. The number of rotatable bonds is 0. The fourth-order valence-electron chi connectivity index (χ4n) is 5.80. The molecule has 3 saturated carbocycles. The average Bonchev–Trinajstić information content (AvgIpc) is 2.28. The van der Waals surface area contributed by atoms with Crippen molar-refractivity contribution in [3.8, 4) is 0 Å². The second-order valence-corrected chi connectivity index (χ2v) is 7.85. The monoisotopic (exact) mass is 222 g/mol. The van der Waals surface area contributed by atoms with Crippen molar-refractivity contribution < 1.29 is 5.11 Å². The molecule has 3 rings (SSSR count). The van der Waals surface area contributed by atoms with Crippen LogP contribution >= 0.6 is 0 Å². The van der Waals surface area contributed by atoms with E-state index in [0.29, 0.717) is 16.7 Å².